The van der Waals surface area contributed by atoms with E-state index in [1.165, 1.54) is 5.56 Å². The van der Waals surface area contributed by atoms with Gasteiger partial charge in [0.05, 0.1) is 6.33 Å². The number of rotatable bonds is 8. The second kappa shape index (κ2) is 9.37. The Bertz CT molecular complexity index is 1310. The number of carbonyl (C=O) groups excluding carboxylic acids is 1. The molecule has 2 aromatic heterocycles. The van der Waals surface area contributed by atoms with Gasteiger partial charge in [-0.05, 0) is 37.0 Å². The SMILES string of the molecule is O=C1CCCN1CCn1cnc2c(NC3CC3)nc(N3CCN(Cc4ccc5c(c4)OCO5)CC3)nc21. The summed E-state index contributed by atoms with van der Waals surface area (Å²) in [4.78, 5) is 33.3. The molecule has 3 aliphatic heterocycles. The Kier molecular flexibility index (Phi) is 5.72. The van der Waals surface area contributed by atoms with Crippen molar-refractivity contribution in [3.8, 4) is 11.5 Å². The zero-order valence-corrected chi connectivity index (χ0v) is 20.9. The molecule has 11 nitrogen and oxygen atoms in total. The van der Waals surface area contributed by atoms with Crippen molar-refractivity contribution in [1.29, 1.82) is 0 Å². The third-order valence-corrected chi connectivity index (χ3v) is 7.65. The molecule has 0 atom stereocenters. The number of ether oxygens (including phenoxy) is 2. The number of piperazine rings is 1. The highest BCUT2D eigenvalue weighted by molar-refractivity contribution is 5.84. The maximum absolute atomic E-state index is 12.1. The van der Waals surface area contributed by atoms with Gasteiger partial charge in [0, 0.05) is 64.8 Å². The molecule has 194 valence electrons. The lowest BCUT2D eigenvalue weighted by Crippen LogP contribution is -2.46. The maximum Gasteiger partial charge on any atom is 0.231 e. The monoisotopic (exact) mass is 504 g/mol. The summed E-state index contributed by atoms with van der Waals surface area (Å²) >= 11 is 0. The van der Waals surface area contributed by atoms with E-state index < -0.39 is 0 Å². The Labute approximate surface area is 215 Å². The van der Waals surface area contributed by atoms with Gasteiger partial charge < -0.3 is 29.2 Å². The van der Waals surface area contributed by atoms with Crippen molar-refractivity contribution < 1.29 is 14.3 Å². The van der Waals surface area contributed by atoms with Crippen molar-refractivity contribution >= 4 is 28.8 Å². The summed E-state index contributed by atoms with van der Waals surface area (Å²) in [5.41, 5.74) is 2.87. The molecular weight excluding hydrogens is 472 g/mol. The highest BCUT2D eigenvalue weighted by Crippen LogP contribution is 2.33. The molecule has 7 rings (SSSR count). The van der Waals surface area contributed by atoms with Gasteiger partial charge in [0.15, 0.2) is 28.5 Å². The van der Waals surface area contributed by atoms with Crippen LogP contribution in [0.1, 0.15) is 31.2 Å². The minimum atomic E-state index is 0.245. The lowest BCUT2D eigenvalue weighted by Gasteiger charge is -2.34. The Morgan fingerprint density at radius 2 is 1.86 bits per heavy atom. The van der Waals surface area contributed by atoms with E-state index in [-0.39, 0.29) is 5.91 Å². The molecule has 1 saturated carbocycles. The smallest absolute Gasteiger partial charge is 0.231 e. The molecule has 1 aliphatic carbocycles. The highest BCUT2D eigenvalue weighted by atomic mass is 16.7. The predicted octanol–water partition coefficient (Wildman–Crippen LogP) is 2.07. The van der Waals surface area contributed by atoms with Crippen molar-refractivity contribution in [2.24, 2.45) is 0 Å². The lowest BCUT2D eigenvalue weighted by molar-refractivity contribution is -0.127. The Morgan fingerprint density at radius 1 is 1.00 bits per heavy atom. The molecular formula is C26H32N8O3. The number of hydrogen-bond donors (Lipinski definition) is 1. The molecule has 3 fully saturated rings. The van der Waals surface area contributed by atoms with E-state index in [9.17, 15) is 4.79 Å². The van der Waals surface area contributed by atoms with E-state index in [2.05, 4.69) is 36.8 Å². The van der Waals surface area contributed by atoms with E-state index in [0.717, 1.165) is 93.0 Å². The zero-order valence-electron chi connectivity index (χ0n) is 20.9. The lowest BCUT2D eigenvalue weighted by atomic mass is 10.1. The summed E-state index contributed by atoms with van der Waals surface area (Å²) in [6, 6.07) is 6.66. The van der Waals surface area contributed by atoms with Gasteiger partial charge in [0.1, 0.15) is 0 Å². The fourth-order valence-corrected chi connectivity index (χ4v) is 5.33. The van der Waals surface area contributed by atoms with E-state index in [0.29, 0.717) is 32.3 Å². The van der Waals surface area contributed by atoms with Crippen LogP contribution in [-0.4, -0.2) is 87.3 Å². The van der Waals surface area contributed by atoms with Crippen molar-refractivity contribution in [3.63, 3.8) is 0 Å². The second-order valence-electron chi connectivity index (χ2n) is 10.3. The van der Waals surface area contributed by atoms with Gasteiger partial charge >= 0.3 is 0 Å². The average Bonchev–Trinajstić information content (AvgIpc) is 3.26. The van der Waals surface area contributed by atoms with Crippen LogP contribution >= 0.6 is 0 Å². The second-order valence-corrected chi connectivity index (χ2v) is 10.3. The molecule has 1 amide bonds. The van der Waals surface area contributed by atoms with Crippen molar-refractivity contribution in [2.75, 3.05) is 56.3 Å². The van der Waals surface area contributed by atoms with Gasteiger partial charge in [0.25, 0.3) is 0 Å². The summed E-state index contributed by atoms with van der Waals surface area (Å²) in [6.45, 7) is 6.96. The molecule has 5 heterocycles. The number of carbonyl (C=O) groups is 1. The number of likely N-dealkylation sites (tertiary alicyclic amines) is 1. The molecule has 0 radical (unpaired) electrons. The minimum Gasteiger partial charge on any atom is -0.454 e. The third kappa shape index (κ3) is 4.63. The van der Waals surface area contributed by atoms with Gasteiger partial charge in [-0.15, -0.1) is 0 Å². The quantitative estimate of drug-likeness (QED) is 0.494. The normalized spacial score (nSPS) is 19.8. The van der Waals surface area contributed by atoms with Crippen LogP contribution in [0.5, 0.6) is 11.5 Å². The van der Waals surface area contributed by atoms with Gasteiger partial charge in [-0.3, -0.25) is 9.69 Å². The fraction of sp³-hybridized carbons (Fsp3) is 0.538. The van der Waals surface area contributed by atoms with Gasteiger partial charge in [-0.1, -0.05) is 6.07 Å². The first-order valence-electron chi connectivity index (χ1n) is 13.3. The predicted molar refractivity (Wildman–Crippen MR) is 138 cm³/mol. The number of hydrogen-bond acceptors (Lipinski definition) is 9. The Morgan fingerprint density at radius 3 is 2.68 bits per heavy atom. The number of fused-ring (bicyclic) bond motifs is 2. The number of aromatic nitrogens is 4. The van der Waals surface area contributed by atoms with Gasteiger partial charge in [-0.2, -0.15) is 9.97 Å². The van der Waals surface area contributed by atoms with Crippen LogP contribution in [0.2, 0.25) is 0 Å². The van der Waals surface area contributed by atoms with Crippen LogP contribution in [0.3, 0.4) is 0 Å². The highest BCUT2D eigenvalue weighted by Gasteiger charge is 2.27. The molecule has 0 spiro atoms. The summed E-state index contributed by atoms with van der Waals surface area (Å²) in [5, 5.41) is 3.57. The molecule has 1 aromatic carbocycles. The molecule has 4 aliphatic rings. The van der Waals surface area contributed by atoms with Crippen molar-refractivity contribution in [1.82, 2.24) is 29.3 Å². The number of nitrogens with zero attached hydrogens (tertiary/aromatic N) is 7. The van der Waals surface area contributed by atoms with Crippen LogP contribution in [0.25, 0.3) is 11.2 Å². The minimum absolute atomic E-state index is 0.245. The number of amides is 1. The molecule has 0 bridgehead atoms. The standard InChI is InChI=1S/C26H32N8O3/c35-22-2-1-7-32(22)12-13-34-16-27-23-24(28-19-4-5-19)29-26(30-25(23)34)33-10-8-31(9-11-33)15-18-3-6-20-21(14-18)37-17-36-20/h3,6,14,16,19H,1-2,4-5,7-13,15,17H2,(H,28,29,30). The molecule has 11 heteroatoms. The Balaban J connectivity index is 1.07. The van der Waals surface area contributed by atoms with Gasteiger partial charge in [0.2, 0.25) is 18.6 Å². The van der Waals surface area contributed by atoms with Crippen LogP contribution in [0.15, 0.2) is 24.5 Å². The van der Waals surface area contributed by atoms with E-state index in [1.54, 1.807) is 0 Å². The third-order valence-electron chi connectivity index (χ3n) is 7.65. The van der Waals surface area contributed by atoms with Crippen LogP contribution in [0.4, 0.5) is 11.8 Å². The molecule has 1 N–H and O–H groups in total. The van der Waals surface area contributed by atoms with E-state index in [1.807, 2.05) is 17.3 Å². The summed E-state index contributed by atoms with van der Waals surface area (Å²) < 4.78 is 13.0. The first kappa shape index (κ1) is 22.6. The number of nitrogens with one attached hydrogen (secondary N) is 1. The summed E-state index contributed by atoms with van der Waals surface area (Å²) in [6.07, 6.45) is 5.78. The first-order chi connectivity index (χ1) is 18.2. The van der Waals surface area contributed by atoms with Crippen molar-refractivity contribution in [3.05, 3.63) is 30.1 Å². The Hall–Kier alpha value is -3.60. The number of imidazole rings is 1. The zero-order chi connectivity index (χ0) is 24.8. The average molecular weight is 505 g/mol. The molecule has 37 heavy (non-hydrogen) atoms. The van der Waals surface area contributed by atoms with Gasteiger partial charge in [-0.25, -0.2) is 4.98 Å². The van der Waals surface area contributed by atoms with Crippen LogP contribution < -0.4 is 19.7 Å². The first-order valence-corrected chi connectivity index (χ1v) is 13.3. The maximum atomic E-state index is 12.1. The van der Waals surface area contributed by atoms with Crippen molar-refractivity contribution in [2.45, 2.75) is 44.8 Å². The molecule has 3 aromatic rings. The van der Waals surface area contributed by atoms with E-state index >= 15 is 0 Å². The summed E-state index contributed by atoms with van der Waals surface area (Å²) in [7, 11) is 0. The van der Waals surface area contributed by atoms with E-state index in [4.69, 9.17) is 19.4 Å². The molecule has 0 unspecified atom stereocenters. The van der Waals surface area contributed by atoms with Crippen LogP contribution in [-0.2, 0) is 17.9 Å². The number of anilines is 2. The largest absolute Gasteiger partial charge is 0.454 e. The number of benzene rings is 1. The van der Waals surface area contributed by atoms with Crippen LogP contribution in [0, 0.1) is 0 Å². The topological polar surface area (TPSA) is 101 Å². The molecule has 2 saturated heterocycles. The summed E-state index contributed by atoms with van der Waals surface area (Å²) in [5.74, 6) is 3.47. The fourth-order valence-electron chi connectivity index (χ4n) is 5.33.